The second-order valence-electron chi connectivity index (χ2n) is 4.14. The largest absolute Gasteiger partial charge is 0.361 e. The molecule has 2 rings (SSSR count). The van der Waals surface area contributed by atoms with Gasteiger partial charge in [0.1, 0.15) is 17.6 Å². The molecular weight excluding hydrogens is 252 g/mol. The summed E-state index contributed by atoms with van der Waals surface area (Å²) in [4.78, 5) is 15.7. The maximum Gasteiger partial charge on any atom is 0.239 e. The molecule has 100 valence electrons. The molecule has 0 saturated carbocycles. The van der Waals surface area contributed by atoms with Crippen molar-refractivity contribution in [3.05, 3.63) is 59.8 Å². The summed E-state index contributed by atoms with van der Waals surface area (Å²) in [5.74, 6) is 0.386. The second-order valence-corrected chi connectivity index (χ2v) is 4.14. The molecule has 0 saturated heterocycles. The van der Waals surface area contributed by atoms with Gasteiger partial charge in [-0.15, -0.1) is 0 Å². The second kappa shape index (κ2) is 6.90. The lowest BCUT2D eigenvalue weighted by atomic mass is 10.2. The Balaban J connectivity index is 1.79. The number of carbonyl (C=O) groups excluding carboxylic acids is 1. The van der Waals surface area contributed by atoms with Crippen LogP contribution >= 0.6 is 0 Å². The van der Waals surface area contributed by atoms with E-state index < -0.39 is 0 Å². The van der Waals surface area contributed by atoms with Gasteiger partial charge < -0.3 is 10.6 Å². The van der Waals surface area contributed by atoms with E-state index in [1.165, 1.54) is 0 Å². The Bertz CT molecular complexity index is 619. The van der Waals surface area contributed by atoms with Gasteiger partial charge in [-0.2, -0.15) is 5.26 Å². The molecule has 0 spiro atoms. The summed E-state index contributed by atoms with van der Waals surface area (Å²) in [6.45, 7) is 0.613. The fourth-order valence-corrected chi connectivity index (χ4v) is 1.63. The number of amides is 1. The third-order valence-electron chi connectivity index (χ3n) is 2.63. The Morgan fingerprint density at radius 3 is 2.70 bits per heavy atom. The zero-order chi connectivity index (χ0) is 14.2. The van der Waals surface area contributed by atoms with Gasteiger partial charge in [-0.3, -0.25) is 4.79 Å². The molecule has 0 aliphatic heterocycles. The monoisotopic (exact) mass is 266 g/mol. The van der Waals surface area contributed by atoms with Gasteiger partial charge in [0.05, 0.1) is 6.54 Å². The van der Waals surface area contributed by atoms with Crippen molar-refractivity contribution in [3.63, 3.8) is 0 Å². The summed E-state index contributed by atoms with van der Waals surface area (Å²) in [6, 6.07) is 16.7. The first-order valence-electron chi connectivity index (χ1n) is 6.19. The van der Waals surface area contributed by atoms with Gasteiger partial charge in [-0.1, -0.05) is 36.4 Å². The molecule has 1 aromatic heterocycles. The molecule has 5 nitrogen and oxygen atoms in total. The van der Waals surface area contributed by atoms with Crippen molar-refractivity contribution in [2.75, 3.05) is 11.9 Å². The van der Waals surface area contributed by atoms with Crippen LogP contribution in [-0.2, 0) is 11.3 Å². The summed E-state index contributed by atoms with van der Waals surface area (Å²) in [6.07, 6.45) is 0. The smallest absolute Gasteiger partial charge is 0.239 e. The van der Waals surface area contributed by atoms with E-state index in [-0.39, 0.29) is 12.5 Å². The Kier molecular flexibility index (Phi) is 4.68. The molecule has 0 radical (unpaired) electrons. The van der Waals surface area contributed by atoms with Crippen LogP contribution in [0.15, 0.2) is 48.5 Å². The molecule has 0 aliphatic rings. The molecule has 0 fully saturated rings. The highest BCUT2D eigenvalue weighted by Crippen LogP contribution is 2.03. The van der Waals surface area contributed by atoms with E-state index >= 15 is 0 Å². The van der Waals surface area contributed by atoms with Crippen molar-refractivity contribution < 1.29 is 4.79 Å². The third kappa shape index (κ3) is 4.10. The van der Waals surface area contributed by atoms with Crippen LogP contribution in [0.25, 0.3) is 0 Å². The van der Waals surface area contributed by atoms with Gasteiger partial charge >= 0.3 is 0 Å². The molecule has 0 aliphatic carbocycles. The summed E-state index contributed by atoms with van der Waals surface area (Å²) < 4.78 is 0. The van der Waals surface area contributed by atoms with Crippen LogP contribution in [0.1, 0.15) is 11.3 Å². The molecule has 2 aromatic rings. The summed E-state index contributed by atoms with van der Waals surface area (Å²) >= 11 is 0. The molecule has 1 aromatic carbocycles. The number of nitrogens with zero attached hydrogens (tertiary/aromatic N) is 2. The maximum absolute atomic E-state index is 11.7. The van der Waals surface area contributed by atoms with Gasteiger partial charge in [0.15, 0.2) is 0 Å². The Labute approximate surface area is 117 Å². The van der Waals surface area contributed by atoms with Crippen molar-refractivity contribution in [2.45, 2.75) is 6.54 Å². The highest BCUT2D eigenvalue weighted by atomic mass is 16.1. The standard InChI is InChI=1S/C15H14N4O/c16-9-13-7-4-8-14(19-13)17-11-15(20)18-10-12-5-2-1-3-6-12/h1-8H,10-11H2,(H,17,19)(H,18,20). The van der Waals surface area contributed by atoms with Crippen molar-refractivity contribution >= 4 is 11.7 Å². The van der Waals surface area contributed by atoms with Crippen LogP contribution in [0.5, 0.6) is 0 Å². The molecule has 1 amide bonds. The Hall–Kier alpha value is -2.87. The van der Waals surface area contributed by atoms with Crippen LogP contribution in [0.2, 0.25) is 0 Å². The Morgan fingerprint density at radius 1 is 1.15 bits per heavy atom. The van der Waals surface area contributed by atoms with E-state index in [0.717, 1.165) is 5.56 Å². The van der Waals surface area contributed by atoms with Crippen molar-refractivity contribution in [2.24, 2.45) is 0 Å². The average molecular weight is 266 g/mol. The van der Waals surface area contributed by atoms with Crippen LogP contribution in [0, 0.1) is 11.3 Å². The van der Waals surface area contributed by atoms with Gasteiger partial charge in [-0.05, 0) is 17.7 Å². The van der Waals surface area contributed by atoms with Crippen LogP contribution in [-0.4, -0.2) is 17.4 Å². The minimum absolute atomic E-state index is 0.120. The molecule has 20 heavy (non-hydrogen) atoms. The highest BCUT2D eigenvalue weighted by Gasteiger charge is 2.02. The van der Waals surface area contributed by atoms with Crippen molar-refractivity contribution in [1.29, 1.82) is 5.26 Å². The summed E-state index contributed by atoms with van der Waals surface area (Å²) in [7, 11) is 0. The zero-order valence-corrected chi connectivity index (χ0v) is 10.8. The number of hydrogen-bond acceptors (Lipinski definition) is 4. The highest BCUT2D eigenvalue weighted by molar-refractivity contribution is 5.80. The molecular formula is C15H14N4O. The first-order valence-corrected chi connectivity index (χ1v) is 6.19. The van der Waals surface area contributed by atoms with E-state index in [9.17, 15) is 4.79 Å². The SMILES string of the molecule is N#Cc1cccc(NCC(=O)NCc2ccccc2)n1. The van der Waals surface area contributed by atoms with Gasteiger partial charge in [0, 0.05) is 6.54 Å². The minimum atomic E-state index is -0.127. The van der Waals surface area contributed by atoms with Gasteiger partial charge in [0.25, 0.3) is 0 Å². The fraction of sp³-hybridized carbons (Fsp3) is 0.133. The van der Waals surface area contributed by atoms with Crippen LogP contribution in [0.3, 0.4) is 0 Å². The maximum atomic E-state index is 11.7. The van der Waals surface area contributed by atoms with E-state index in [2.05, 4.69) is 15.6 Å². The Morgan fingerprint density at radius 2 is 1.95 bits per heavy atom. The molecule has 5 heteroatoms. The average Bonchev–Trinajstić information content (AvgIpc) is 2.52. The van der Waals surface area contributed by atoms with Crippen molar-refractivity contribution in [3.8, 4) is 6.07 Å². The number of benzene rings is 1. The molecule has 2 N–H and O–H groups in total. The number of aromatic nitrogens is 1. The van der Waals surface area contributed by atoms with Crippen LogP contribution < -0.4 is 10.6 Å². The molecule has 0 atom stereocenters. The molecule has 1 heterocycles. The van der Waals surface area contributed by atoms with E-state index in [1.807, 2.05) is 36.4 Å². The van der Waals surface area contributed by atoms with Gasteiger partial charge in [0.2, 0.25) is 5.91 Å². The number of nitrogens with one attached hydrogen (secondary N) is 2. The number of carbonyl (C=O) groups is 1. The number of anilines is 1. The number of hydrogen-bond donors (Lipinski definition) is 2. The fourth-order valence-electron chi connectivity index (χ4n) is 1.63. The number of nitriles is 1. The van der Waals surface area contributed by atoms with Crippen molar-refractivity contribution in [1.82, 2.24) is 10.3 Å². The topological polar surface area (TPSA) is 77.8 Å². The van der Waals surface area contributed by atoms with Gasteiger partial charge in [-0.25, -0.2) is 4.98 Å². The predicted octanol–water partition coefficient (Wildman–Crippen LogP) is 1.68. The molecule has 0 unspecified atom stereocenters. The summed E-state index contributed by atoms with van der Waals surface area (Å²) in [5, 5.41) is 14.4. The normalized spacial score (nSPS) is 9.55. The lowest BCUT2D eigenvalue weighted by Crippen LogP contribution is -2.29. The first kappa shape index (κ1) is 13.6. The van der Waals surface area contributed by atoms with E-state index in [4.69, 9.17) is 5.26 Å². The number of rotatable bonds is 5. The summed E-state index contributed by atoms with van der Waals surface area (Å²) in [5.41, 5.74) is 1.37. The third-order valence-corrected chi connectivity index (χ3v) is 2.63. The lowest BCUT2D eigenvalue weighted by Gasteiger charge is -2.07. The van der Waals surface area contributed by atoms with E-state index in [0.29, 0.717) is 18.1 Å². The molecule has 0 bridgehead atoms. The quantitative estimate of drug-likeness (QED) is 0.863. The first-order chi connectivity index (χ1) is 9.78. The zero-order valence-electron chi connectivity index (χ0n) is 10.8. The lowest BCUT2D eigenvalue weighted by molar-refractivity contribution is -0.119. The van der Waals surface area contributed by atoms with Crippen LogP contribution in [0.4, 0.5) is 5.82 Å². The predicted molar refractivity (Wildman–Crippen MR) is 75.7 cm³/mol. The minimum Gasteiger partial charge on any atom is -0.361 e. The number of pyridine rings is 1. The van der Waals surface area contributed by atoms with E-state index in [1.54, 1.807) is 18.2 Å².